The average Bonchev–Trinajstić information content (AvgIpc) is 3.21. The minimum Gasteiger partial charge on any atom is -0.344 e. The molecule has 1 amide bonds. The summed E-state index contributed by atoms with van der Waals surface area (Å²) in [5.41, 5.74) is 2.88. The van der Waals surface area contributed by atoms with Gasteiger partial charge in [0.25, 0.3) is 11.5 Å². The molecular weight excluding hydrogens is 416 g/mol. The Hall–Kier alpha value is -2.45. The van der Waals surface area contributed by atoms with Crippen LogP contribution in [0.25, 0.3) is 11.5 Å². The SMILES string of the molecule is CSCC[C@H](NC(=O)c1csc2c1CCCC2)c1cc(=O)[nH]c(-c2ccccn2)n1. The molecule has 30 heavy (non-hydrogen) atoms. The normalized spacial score (nSPS) is 14.2. The quantitative estimate of drug-likeness (QED) is 0.580. The summed E-state index contributed by atoms with van der Waals surface area (Å²) >= 11 is 3.38. The Morgan fingerprint density at radius 2 is 2.20 bits per heavy atom. The van der Waals surface area contributed by atoms with Crippen LogP contribution in [-0.4, -0.2) is 32.9 Å². The molecular formula is C22H24N4O2S2. The van der Waals surface area contributed by atoms with Gasteiger partial charge >= 0.3 is 0 Å². The summed E-state index contributed by atoms with van der Waals surface area (Å²) in [6.45, 7) is 0. The van der Waals surface area contributed by atoms with Gasteiger partial charge in [0.2, 0.25) is 0 Å². The van der Waals surface area contributed by atoms with Gasteiger partial charge in [0.1, 0.15) is 5.69 Å². The van der Waals surface area contributed by atoms with Gasteiger partial charge in [-0.25, -0.2) is 4.98 Å². The van der Waals surface area contributed by atoms with Gasteiger partial charge in [-0.2, -0.15) is 11.8 Å². The molecule has 6 nitrogen and oxygen atoms in total. The topological polar surface area (TPSA) is 87.7 Å². The van der Waals surface area contributed by atoms with Gasteiger partial charge in [0.15, 0.2) is 5.82 Å². The van der Waals surface area contributed by atoms with Crippen LogP contribution >= 0.6 is 23.1 Å². The van der Waals surface area contributed by atoms with Crippen molar-refractivity contribution in [3.63, 3.8) is 0 Å². The Balaban J connectivity index is 1.63. The molecule has 3 aromatic rings. The number of aryl methyl sites for hydroxylation is 1. The maximum absolute atomic E-state index is 13.1. The minimum atomic E-state index is -0.339. The number of pyridine rings is 1. The number of rotatable bonds is 7. The van der Waals surface area contributed by atoms with E-state index in [1.54, 1.807) is 35.4 Å². The van der Waals surface area contributed by atoms with E-state index < -0.39 is 0 Å². The third-order valence-corrected chi connectivity index (χ3v) is 6.98. The standard InChI is InChI=1S/C22H24N4O2S2/c1-29-11-9-16(25-22(28)15-13-30-19-8-3-2-6-14(15)19)18-12-20(27)26-21(24-18)17-7-4-5-10-23-17/h4-5,7,10,12-13,16H,2-3,6,8-9,11H2,1H3,(H,25,28)(H,24,26,27)/t16-/m0/s1. The number of carbonyl (C=O) groups excluding carboxylic acids is 1. The zero-order valence-electron chi connectivity index (χ0n) is 16.8. The monoisotopic (exact) mass is 440 g/mol. The lowest BCUT2D eigenvalue weighted by Crippen LogP contribution is -2.31. The maximum atomic E-state index is 13.1. The van der Waals surface area contributed by atoms with Crippen LogP contribution in [0.4, 0.5) is 0 Å². The van der Waals surface area contributed by atoms with Gasteiger partial charge in [-0.15, -0.1) is 11.3 Å². The first kappa shape index (κ1) is 20.8. The van der Waals surface area contributed by atoms with Crippen molar-refractivity contribution in [3.8, 4) is 11.5 Å². The van der Waals surface area contributed by atoms with Crippen molar-refractivity contribution >= 4 is 29.0 Å². The molecule has 1 aliphatic carbocycles. The van der Waals surface area contributed by atoms with Gasteiger partial charge < -0.3 is 10.3 Å². The number of H-pyrrole nitrogens is 1. The van der Waals surface area contributed by atoms with Gasteiger partial charge in [-0.1, -0.05) is 6.07 Å². The molecule has 0 aromatic carbocycles. The number of hydrogen-bond acceptors (Lipinski definition) is 6. The highest BCUT2D eigenvalue weighted by Gasteiger charge is 2.24. The van der Waals surface area contributed by atoms with Gasteiger partial charge in [-0.05, 0) is 61.8 Å². The van der Waals surface area contributed by atoms with Crippen molar-refractivity contribution in [2.24, 2.45) is 0 Å². The number of aromatic amines is 1. The Bertz CT molecular complexity index is 1080. The second-order valence-electron chi connectivity index (χ2n) is 7.30. The van der Waals surface area contributed by atoms with Crippen molar-refractivity contribution in [1.29, 1.82) is 0 Å². The van der Waals surface area contributed by atoms with E-state index in [0.29, 0.717) is 23.6 Å². The maximum Gasteiger partial charge on any atom is 0.252 e. The van der Waals surface area contributed by atoms with Crippen LogP contribution in [0, 0.1) is 0 Å². The van der Waals surface area contributed by atoms with Crippen LogP contribution in [0.15, 0.2) is 40.6 Å². The lowest BCUT2D eigenvalue weighted by Gasteiger charge is -2.19. The number of thiophene rings is 1. The first-order valence-electron chi connectivity index (χ1n) is 10.1. The van der Waals surface area contributed by atoms with E-state index in [2.05, 4.69) is 20.3 Å². The molecule has 0 fully saturated rings. The van der Waals surface area contributed by atoms with Gasteiger partial charge in [-0.3, -0.25) is 14.6 Å². The number of fused-ring (bicyclic) bond motifs is 1. The molecule has 8 heteroatoms. The molecule has 2 N–H and O–H groups in total. The Morgan fingerprint density at radius 3 is 3.00 bits per heavy atom. The highest BCUT2D eigenvalue weighted by Crippen LogP contribution is 2.30. The lowest BCUT2D eigenvalue weighted by molar-refractivity contribution is 0.0934. The molecule has 0 aliphatic heterocycles. The van der Waals surface area contributed by atoms with Gasteiger partial charge in [0, 0.05) is 22.5 Å². The number of thioether (sulfide) groups is 1. The van der Waals surface area contributed by atoms with E-state index in [-0.39, 0.29) is 17.5 Å². The van der Waals surface area contributed by atoms with Crippen molar-refractivity contribution in [2.45, 2.75) is 38.1 Å². The predicted octanol–water partition coefficient (Wildman–Crippen LogP) is 4.00. The molecule has 4 rings (SSSR count). The second kappa shape index (κ2) is 9.57. The van der Waals surface area contributed by atoms with Crippen LogP contribution in [0.3, 0.4) is 0 Å². The number of carbonyl (C=O) groups is 1. The molecule has 3 aromatic heterocycles. The fourth-order valence-electron chi connectivity index (χ4n) is 3.73. The summed E-state index contributed by atoms with van der Waals surface area (Å²) in [6, 6.07) is 6.60. The minimum absolute atomic E-state index is 0.0815. The van der Waals surface area contributed by atoms with Crippen LogP contribution in [0.2, 0.25) is 0 Å². The van der Waals surface area contributed by atoms with Crippen molar-refractivity contribution in [1.82, 2.24) is 20.3 Å². The van der Waals surface area contributed by atoms with Crippen LogP contribution in [0.5, 0.6) is 0 Å². The molecule has 1 atom stereocenters. The van der Waals surface area contributed by atoms with Crippen molar-refractivity contribution in [2.75, 3.05) is 12.0 Å². The molecule has 0 radical (unpaired) electrons. The third-order valence-electron chi connectivity index (χ3n) is 5.25. The number of hydrogen-bond donors (Lipinski definition) is 2. The highest BCUT2D eigenvalue weighted by atomic mass is 32.2. The summed E-state index contributed by atoms with van der Waals surface area (Å²) in [5.74, 6) is 1.18. The zero-order valence-corrected chi connectivity index (χ0v) is 18.4. The van der Waals surface area contributed by atoms with Crippen LogP contribution < -0.4 is 10.9 Å². The van der Waals surface area contributed by atoms with E-state index in [0.717, 1.165) is 30.6 Å². The molecule has 0 saturated carbocycles. The number of amides is 1. The molecule has 156 valence electrons. The summed E-state index contributed by atoms with van der Waals surface area (Å²) in [6.07, 6.45) is 8.72. The number of nitrogens with one attached hydrogen (secondary N) is 2. The third kappa shape index (κ3) is 4.65. The smallest absolute Gasteiger partial charge is 0.252 e. The summed E-state index contributed by atoms with van der Waals surface area (Å²) in [5, 5.41) is 5.12. The Morgan fingerprint density at radius 1 is 1.33 bits per heavy atom. The van der Waals surface area contributed by atoms with Crippen LogP contribution in [0.1, 0.15) is 51.8 Å². The van der Waals surface area contributed by atoms with Crippen molar-refractivity contribution in [3.05, 3.63) is 67.9 Å². The highest BCUT2D eigenvalue weighted by molar-refractivity contribution is 7.98. The first-order chi connectivity index (χ1) is 14.7. The summed E-state index contributed by atoms with van der Waals surface area (Å²) < 4.78 is 0. The number of aromatic nitrogens is 3. The van der Waals surface area contributed by atoms with Gasteiger partial charge in [0.05, 0.1) is 17.3 Å². The fourth-order valence-corrected chi connectivity index (χ4v) is 5.33. The first-order valence-corrected chi connectivity index (χ1v) is 12.3. The molecule has 0 saturated heterocycles. The summed E-state index contributed by atoms with van der Waals surface area (Å²) in [7, 11) is 0. The average molecular weight is 441 g/mol. The Labute approximate surface area is 183 Å². The summed E-state index contributed by atoms with van der Waals surface area (Å²) in [4.78, 5) is 38.5. The molecule has 0 unspecified atom stereocenters. The number of nitrogens with zero attached hydrogens (tertiary/aromatic N) is 2. The molecule has 0 spiro atoms. The predicted molar refractivity (Wildman–Crippen MR) is 122 cm³/mol. The molecule has 1 aliphatic rings. The lowest BCUT2D eigenvalue weighted by atomic mass is 9.95. The van der Waals surface area contributed by atoms with E-state index >= 15 is 0 Å². The molecule has 3 heterocycles. The van der Waals surface area contributed by atoms with Crippen LogP contribution in [-0.2, 0) is 12.8 Å². The second-order valence-corrected chi connectivity index (χ2v) is 9.25. The largest absolute Gasteiger partial charge is 0.344 e. The van der Waals surface area contributed by atoms with E-state index in [1.165, 1.54) is 22.9 Å². The molecule has 0 bridgehead atoms. The fraction of sp³-hybridized carbons (Fsp3) is 0.364. The van der Waals surface area contributed by atoms with Crippen molar-refractivity contribution < 1.29 is 4.79 Å². The van der Waals surface area contributed by atoms with E-state index in [1.807, 2.05) is 23.8 Å². The van der Waals surface area contributed by atoms with E-state index in [9.17, 15) is 9.59 Å². The van der Waals surface area contributed by atoms with E-state index in [4.69, 9.17) is 0 Å². The zero-order chi connectivity index (χ0) is 20.9. The Kier molecular flexibility index (Phi) is 6.64.